The minimum absolute atomic E-state index is 0.0452. The highest BCUT2D eigenvalue weighted by Crippen LogP contribution is 2.06. The number of aliphatic carboxylic acids is 1. The van der Waals surface area contributed by atoms with Gasteiger partial charge in [-0.25, -0.2) is 9.18 Å². The van der Waals surface area contributed by atoms with E-state index in [2.05, 4.69) is 9.84 Å². The molecule has 0 spiro atoms. The molecule has 0 bridgehead atoms. The first-order valence-corrected chi connectivity index (χ1v) is 3.56. The number of aromatic nitrogens is 2. The first kappa shape index (κ1) is 9.66. The largest absolute Gasteiger partial charge is 0.480 e. The molecule has 0 radical (unpaired) electrons. The van der Waals surface area contributed by atoms with Crippen LogP contribution >= 0.6 is 0 Å². The van der Waals surface area contributed by atoms with Gasteiger partial charge >= 0.3 is 5.97 Å². The third-order valence-corrected chi connectivity index (χ3v) is 1.50. The molecule has 1 aromatic heterocycles. The molecule has 72 valence electrons. The Morgan fingerprint density at radius 2 is 2.62 bits per heavy atom. The van der Waals surface area contributed by atoms with Gasteiger partial charge in [0.1, 0.15) is 0 Å². The third-order valence-electron chi connectivity index (χ3n) is 1.50. The second-order valence-electron chi connectivity index (χ2n) is 2.45. The van der Waals surface area contributed by atoms with Gasteiger partial charge < -0.3 is 9.84 Å². The molecule has 5 nitrogen and oxygen atoms in total. The summed E-state index contributed by atoms with van der Waals surface area (Å²) < 4.78 is 18.2. The van der Waals surface area contributed by atoms with E-state index in [1.54, 1.807) is 0 Å². The minimum atomic E-state index is -1.11. The van der Waals surface area contributed by atoms with E-state index < -0.39 is 17.8 Å². The second-order valence-corrected chi connectivity index (χ2v) is 2.45. The van der Waals surface area contributed by atoms with Crippen LogP contribution in [0.2, 0.25) is 0 Å². The summed E-state index contributed by atoms with van der Waals surface area (Å²) in [5.74, 6) is -1.67. The summed E-state index contributed by atoms with van der Waals surface area (Å²) >= 11 is 0. The van der Waals surface area contributed by atoms with Crippen LogP contribution < -0.4 is 0 Å². The summed E-state index contributed by atoms with van der Waals surface area (Å²) in [7, 11) is 1.37. The van der Waals surface area contributed by atoms with Crippen molar-refractivity contribution in [2.24, 2.45) is 0 Å². The van der Waals surface area contributed by atoms with Crippen molar-refractivity contribution in [2.75, 3.05) is 13.7 Å². The molecule has 1 rings (SSSR count). The van der Waals surface area contributed by atoms with Gasteiger partial charge in [-0.2, -0.15) is 5.10 Å². The van der Waals surface area contributed by atoms with Gasteiger partial charge in [0.05, 0.1) is 19.0 Å². The summed E-state index contributed by atoms with van der Waals surface area (Å²) in [6.45, 7) is -0.0452. The molecule has 0 aliphatic rings. The normalized spacial score (nSPS) is 12.8. The summed E-state index contributed by atoms with van der Waals surface area (Å²) in [5, 5.41) is 12.2. The first-order valence-electron chi connectivity index (χ1n) is 3.56. The van der Waals surface area contributed by atoms with Crippen molar-refractivity contribution in [2.45, 2.75) is 6.04 Å². The average Bonchev–Trinajstić information content (AvgIpc) is 2.46. The number of hydrogen-bond acceptors (Lipinski definition) is 3. The zero-order valence-electron chi connectivity index (χ0n) is 6.98. The molecule has 0 saturated carbocycles. The molecule has 0 fully saturated rings. The maximum atomic E-state index is 12.5. The first-order chi connectivity index (χ1) is 6.15. The van der Waals surface area contributed by atoms with E-state index >= 15 is 0 Å². The Kier molecular flexibility index (Phi) is 2.97. The number of carboxylic acid groups (broad SMARTS) is 1. The Labute approximate surface area is 73.7 Å². The molecule has 1 unspecified atom stereocenters. The van der Waals surface area contributed by atoms with Gasteiger partial charge in [-0.3, -0.25) is 4.68 Å². The number of methoxy groups -OCH3 is 1. The summed E-state index contributed by atoms with van der Waals surface area (Å²) in [6, 6.07) is -0.977. The van der Waals surface area contributed by atoms with E-state index in [9.17, 15) is 9.18 Å². The molecule has 0 aromatic carbocycles. The third kappa shape index (κ3) is 2.25. The highest BCUT2D eigenvalue weighted by atomic mass is 19.1. The van der Waals surface area contributed by atoms with E-state index in [0.29, 0.717) is 0 Å². The van der Waals surface area contributed by atoms with E-state index in [4.69, 9.17) is 5.11 Å². The van der Waals surface area contributed by atoms with E-state index in [0.717, 1.165) is 17.1 Å². The molecular weight excluding hydrogens is 179 g/mol. The molecule has 13 heavy (non-hydrogen) atoms. The Morgan fingerprint density at radius 1 is 1.92 bits per heavy atom. The Morgan fingerprint density at radius 3 is 3.00 bits per heavy atom. The van der Waals surface area contributed by atoms with Gasteiger partial charge in [0.15, 0.2) is 11.9 Å². The van der Waals surface area contributed by atoms with Crippen LogP contribution in [-0.2, 0) is 9.53 Å². The lowest BCUT2D eigenvalue weighted by atomic mass is 10.3. The van der Waals surface area contributed by atoms with Crippen LogP contribution in [0.1, 0.15) is 6.04 Å². The summed E-state index contributed by atoms with van der Waals surface area (Å²) in [6.07, 6.45) is 1.96. The molecule has 1 N–H and O–H groups in total. The van der Waals surface area contributed by atoms with Gasteiger partial charge in [0.2, 0.25) is 0 Å². The van der Waals surface area contributed by atoms with Crippen LogP contribution in [0.4, 0.5) is 4.39 Å². The molecule has 1 heterocycles. The smallest absolute Gasteiger partial charge is 0.330 e. The maximum Gasteiger partial charge on any atom is 0.330 e. The fourth-order valence-corrected chi connectivity index (χ4v) is 0.904. The maximum absolute atomic E-state index is 12.5. The molecule has 0 aliphatic carbocycles. The molecule has 0 saturated heterocycles. The van der Waals surface area contributed by atoms with Crippen LogP contribution in [0.15, 0.2) is 12.4 Å². The number of rotatable bonds is 4. The van der Waals surface area contributed by atoms with Crippen LogP contribution in [0, 0.1) is 5.82 Å². The quantitative estimate of drug-likeness (QED) is 0.737. The van der Waals surface area contributed by atoms with E-state index in [1.165, 1.54) is 7.11 Å². The predicted molar refractivity (Wildman–Crippen MR) is 40.7 cm³/mol. The lowest BCUT2D eigenvalue weighted by Gasteiger charge is -2.10. The van der Waals surface area contributed by atoms with Crippen molar-refractivity contribution in [3.63, 3.8) is 0 Å². The molecule has 0 aliphatic heterocycles. The predicted octanol–water partition coefficient (Wildman–Crippen LogP) is 0.294. The molecule has 0 amide bonds. The highest BCUT2D eigenvalue weighted by molar-refractivity contribution is 5.71. The van der Waals surface area contributed by atoms with Crippen LogP contribution in [0.25, 0.3) is 0 Å². The lowest BCUT2D eigenvalue weighted by Crippen LogP contribution is -2.23. The van der Waals surface area contributed by atoms with Crippen LogP contribution in [-0.4, -0.2) is 34.6 Å². The Balaban J connectivity index is 2.81. The number of carbonyl (C=O) groups is 1. The number of nitrogens with zero attached hydrogens (tertiary/aromatic N) is 2. The van der Waals surface area contributed by atoms with Crippen molar-refractivity contribution < 1.29 is 19.0 Å². The number of ether oxygens (including phenoxy) is 1. The van der Waals surface area contributed by atoms with Crippen molar-refractivity contribution >= 4 is 5.97 Å². The fourth-order valence-electron chi connectivity index (χ4n) is 0.904. The molecule has 1 aromatic rings. The zero-order chi connectivity index (χ0) is 9.84. The number of carboxylic acids is 1. The van der Waals surface area contributed by atoms with Crippen molar-refractivity contribution in [3.05, 3.63) is 18.2 Å². The molecular formula is C7H9FN2O3. The number of hydrogen-bond donors (Lipinski definition) is 1. The zero-order valence-corrected chi connectivity index (χ0v) is 6.98. The highest BCUT2D eigenvalue weighted by Gasteiger charge is 2.20. The monoisotopic (exact) mass is 188 g/mol. The summed E-state index contributed by atoms with van der Waals surface area (Å²) in [4.78, 5) is 10.6. The van der Waals surface area contributed by atoms with Crippen molar-refractivity contribution in [1.29, 1.82) is 0 Å². The van der Waals surface area contributed by atoms with Gasteiger partial charge in [-0.15, -0.1) is 0 Å². The lowest BCUT2D eigenvalue weighted by molar-refractivity contribution is -0.142. The van der Waals surface area contributed by atoms with Crippen molar-refractivity contribution in [1.82, 2.24) is 9.78 Å². The van der Waals surface area contributed by atoms with Crippen LogP contribution in [0.5, 0.6) is 0 Å². The van der Waals surface area contributed by atoms with E-state index in [-0.39, 0.29) is 6.61 Å². The van der Waals surface area contributed by atoms with E-state index in [1.807, 2.05) is 0 Å². The standard InChI is InChI=1S/C7H9FN2O3/c1-13-4-6(7(11)12)10-3-5(8)2-9-10/h2-3,6H,4H2,1H3,(H,11,12). The van der Waals surface area contributed by atoms with Crippen molar-refractivity contribution in [3.8, 4) is 0 Å². The van der Waals surface area contributed by atoms with Gasteiger partial charge in [-0.05, 0) is 0 Å². The number of halogens is 1. The minimum Gasteiger partial charge on any atom is -0.480 e. The SMILES string of the molecule is COCC(C(=O)O)n1cc(F)cn1. The van der Waals surface area contributed by atoms with Gasteiger partial charge in [-0.1, -0.05) is 0 Å². The van der Waals surface area contributed by atoms with Gasteiger partial charge in [0, 0.05) is 7.11 Å². The molecule has 6 heteroatoms. The van der Waals surface area contributed by atoms with Gasteiger partial charge in [0.25, 0.3) is 0 Å². The average molecular weight is 188 g/mol. The fraction of sp³-hybridized carbons (Fsp3) is 0.429. The van der Waals surface area contributed by atoms with Crippen LogP contribution in [0.3, 0.4) is 0 Å². The molecule has 1 atom stereocenters. The Hall–Kier alpha value is -1.43. The second kappa shape index (κ2) is 3.99. The summed E-state index contributed by atoms with van der Waals surface area (Å²) in [5.41, 5.74) is 0. The Bertz CT molecular complexity index is 300. The topological polar surface area (TPSA) is 64.3 Å².